The van der Waals surface area contributed by atoms with Gasteiger partial charge in [-0.05, 0) is 84.1 Å². The predicted molar refractivity (Wildman–Crippen MR) is 212 cm³/mol. The van der Waals surface area contributed by atoms with Gasteiger partial charge < -0.3 is 15.6 Å². The lowest BCUT2D eigenvalue weighted by molar-refractivity contribution is -0.169. The number of ether oxygens (including phenoxy) is 2. The second-order valence-electron chi connectivity index (χ2n) is 13.9. The zero-order valence-electron chi connectivity index (χ0n) is 32.6. The summed E-state index contributed by atoms with van der Waals surface area (Å²) in [6.45, 7) is 12.4. The van der Waals surface area contributed by atoms with E-state index in [1.165, 1.54) is 116 Å². The van der Waals surface area contributed by atoms with Crippen molar-refractivity contribution in [2.45, 2.75) is 219 Å². The van der Waals surface area contributed by atoms with E-state index < -0.39 is 12.3 Å². The number of unbranched alkanes of at least 4 members (excludes halogenated alkanes) is 24. The van der Waals surface area contributed by atoms with Gasteiger partial charge in [0, 0.05) is 12.8 Å². The molecule has 0 rings (SSSR count). The van der Waals surface area contributed by atoms with Gasteiger partial charge in [-0.1, -0.05) is 140 Å². The van der Waals surface area contributed by atoms with Crippen molar-refractivity contribution in [3.05, 3.63) is 37.5 Å². The Balaban J connectivity index is 0. The van der Waals surface area contributed by atoms with E-state index in [0.717, 1.165) is 70.8 Å². The highest BCUT2D eigenvalue weighted by Gasteiger charge is 2.24. The van der Waals surface area contributed by atoms with Crippen molar-refractivity contribution in [3.63, 3.8) is 0 Å². The van der Waals surface area contributed by atoms with Crippen LogP contribution in [-0.4, -0.2) is 30.8 Å². The molecule has 0 bridgehead atoms. The molecule has 6 heteroatoms. The molecular formula is C43H82N2O4. The SMILES string of the molecule is C=CCCCCCCCCC(=O)OC(C)C(NCCCCCCCC/C=C\CCCCCCCC)OC(=O)CCCCCCCCC=C.N. The van der Waals surface area contributed by atoms with Crippen LogP contribution in [0.3, 0.4) is 0 Å². The molecule has 4 N–H and O–H groups in total. The molecule has 288 valence electrons. The van der Waals surface area contributed by atoms with E-state index in [0.29, 0.717) is 12.8 Å². The number of allylic oxidation sites excluding steroid dienone is 4. The first-order valence-corrected chi connectivity index (χ1v) is 20.5. The summed E-state index contributed by atoms with van der Waals surface area (Å²) in [5, 5.41) is 3.39. The van der Waals surface area contributed by atoms with Gasteiger partial charge in [-0.15, -0.1) is 13.2 Å². The maximum absolute atomic E-state index is 12.7. The number of hydrogen-bond acceptors (Lipinski definition) is 6. The molecule has 0 fully saturated rings. The topological polar surface area (TPSA) is 99.6 Å². The quantitative estimate of drug-likeness (QED) is 0.0289. The van der Waals surface area contributed by atoms with Gasteiger partial charge in [-0.3, -0.25) is 14.9 Å². The van der Waals surface area contributed by atoms with Crippen molar-refractivity contribution in [2.75, 3.05) is 6.54 Å². The fourth-order valence-electron chi connectivity index (χ4n) is 5.98. The van der Waals surface area contributed by atoms with Crippen LogP contribution in [-0.2, 0) is 19.1 Å². The van der Waals surface area contributed by atoms with Crippen LogP contribution in [0.2, 0.25) is 0 Å². The summed E-state index contributed by atoms with van der Waals surface area (Å²) in [7, 11) is 0. The largest absolute Gasteiger partial charge is 0.457 e. The summed E-state index contributed by atoms with van der Waals surface area (Å²) in [6.07, 6.45) is 41.7. The van der Waals surface area contributed by atoms with Crippen LogP contribution in [0.15, 0.2) is 37.5 Å². The maximum Gasteiger partial charge on any atom is 0.307 e. The van der Waals surface area contributed by atoms with E-state index in [1.54, 1.807) is 0 Å². The van der Waals surface area contributed by atoms with Crippen LogP contribution in [0.5, 0.6) is 0 Å². The van der Waals surface area contributed by atoms with Crippen molar-refractivity contribution in [3.8, 4) is 0 Å². The van der Waals surface area contributed by atoms with Crippen LogP contribution in [0.1, 0.15) is 206 Å². The molecule has 0 saturated carbocycles. The van der Waals surface area contributed by atoms with Gasteiger partial charge in [-0.25, -0.2) is 0 Å². The van der Waals surface area contributed by atoms with Crippen LogP contribution in [0.25, 0.3) is 0 Å². The fourth-order valence-corrected chi connectivity index (χ4v) is 5.98. The lowest BCUT2D eigenvalue weighted by atomic mass is 10.1. The number of rotatable bonds is 38. The number of carbonyl (C=O) groups is 2. The van der Waals surface area contributed by atoms with Crippen LogP contribution < -0.4 is 11.5 Å². The molecule has 2 unspecified atom stereocenters. The molecule has 0 aromatic rings. The second kappa shape index (κ2) is 40.5. The first kappa shape index (κ1) is 49.2. The standard InChI is InChI=1S/C43H79NO4.H3N/c1-5-8-11-14-17-20-21-22-23-24-25-26-27-30-33-36-39-44-43(48-42(46)38-35-32-29-19-16-13-10-7-3)40(4)47-41(45)37-34-31-28-18-15-12-9-6-2;/h6-7,22-23,40,43-44H,2-3,5,8-21,24-39H2,1,4H3;1H3/b23-22-;. The van der Waals surface area contributed by atoms with Gasteiger partial charge in [0.2, 0.25) is 0 Å². The molecule has 6 nitrogen and oxygen atoms in total. The molecule has 0 spiro atoms. The van der Waals surface area contributed by atoms with Crippen molar-refractivity contribution >= 4 is 11.9 Å². The zero-order chi connectivity index (χ0) is 35.2. The third-order valence-corrected chi connectivity index (χ3v) is 9.11. The third kappa shape index (κ3) is 37.2. The lowest BCUT2D eigenvalue weighted by Gasteiger charge is -2.25. The first-order valence-electron chi connectivity index (χ1n) is 20.5. The van der Waals surface area contributed by atoms with Crippen molar-refractivity contribution in [2.24, 2.45) is 0 Å². The summed E-state index contributed by atoms with van der Waals surface area (Å²) in [4.78, 5) is 25.3. The van der Waals surface area contributed by atoms with Gasteiger partial charge >= 0.3 is 11.9 Å². The number of hydrogen-bond donors (Lipinski definition) is 2. The minimum Gasteiger partial charge on any atom is -0.457 e. The predicted octanol–water partition coefficient (Wildman–Crippen LogP) is 13.2. The smallest absolute Gasteiger partial charge is 0.307 e. The molecule has 0 saturated heterocycles. The Morgan fingerprint density at radius 3 is 1.35 bits per heavy atom. The van der Waals surface area contributed by atoms with Crippen LogP contribution in [0, 0.1) is 0 Å². The van der Waals surface area contributed by atoms with E-state index in [9.17, 15) is 9.59 Å². The normalized spacial score (nSPS) is 12.4. The lowest BCUT2D eigenvalue weighted by Crippen LogP contribution is -2.44. The maximum atomic E-state index is 12.7. The Bertz CT molecular complexity index is 769. The third-order valence-electron chi connectivity index (χ3n) is 9.11. The average Bonchev–Trinajstić information content (AvgIpc) is 3.07. The molecule has 0 aliphatic rings. The van der Waals surface area contributed by atoms with Gasteiger partial charge in [0.25, 0.3) is 0 Å². The highest BCUT2D eigenvalue weighted by molar-refractivity contribution is 5.70. The summed E-state index contributed by atoms with van der Waals surface area (Å²) < 4.78 is 11.6. The monoisotopic (exact) mass is 691 g/mol. The van der Waals surface area contributed by atoms with Gasteiger partial charge in [0.1, 0.15) is 6.10 Å². The molecule has 0 aliphatic carbocycles. The Morgan fingerprint density at radius 2 is 0.898 bits per heavy atom. The minimum atomic E-state index is -0.603. The Morgan fingerprint density at radius 1 is 0.531 bits per heavy atom. The zero-order valence-corrected chi connectivity index (χ0v) is 32.6. The summed E-state index contributed by atoms with van der Waals surface area (Å²) in [6, 6.07) is 0. The van der Waals surface area contributed by atoms with Gasteiger partial charge in [-0.2, -0.15) is 0 Å². The average molecular weight is 691 g/mol. The Kier molecular flexibility index (Phi) is 40.7. The van der Waals surface area contributed by atoms with Crippen molar-refractivity contribution < 1.29 is 19.1 Å². The highest BCUT2D eigenvalue weighted by Crippen LogP contribution is 2.14. The molecule has 0 aromatic heterocycles. The molecular weight excluding hydrogens is 608 g/mol. The summed E-state index contributed by atoms with van der Waals surface area (Å²) in [5.74, 6) is -0.412. The molecule has 0 aliphatic heterocycles. The number of esters is 2. The Labute approximate surface area is 304 Å². The van der Waals surface area contributed by atoms with Crippen molar-refractivity contribution in [1.29, 1.82) is 0 Å². The van der Waals surface area contributed by atoms with Crippen LogP contribution >= 0.6 is 0 Å². The number of nitrogens with one attached hydrogen (secondary N) is 1. The number of carbonyl (C=O) groups excluding carboxylic acids is 2. The second-order valence-corrected chi connectivity index (χ2v) is 13.9. The minimum absolute atomic E-state index is 0. The molecule has 2 atom stereocenters. The van der Waals surface area contributed by atoms with Gasteiger partial charge in [0.15, 0.2) is 6.23 Å². The molecule has 0 heterocycles. The van der Waals surface area contributed by atoms with Crippen molar-refractivity contribution in [1.82, 2.24) is 11.5 Å². The fraction of sp³-hybridized carbons (Fsp3) is 0.814. The van der Waals surface area contributed by atoms with E-state index in [4.69, 9.17) is 9.47 Å². The molecule has 0 amide bonds. The van der Waals surface area contributed by atoms with Crippen LogP contribution in [0.4, 0.5) is 0 Å². The highest BCUT2D eigenvalue weighted by atomic mass is 16.6. The summed E-state index contributed by atoms with van der Waals surface area (Å²) in [5.41, 5.74) is 0. The molecule has 0 radical (unpaired) electrons. The summed E-state index contributed by atoms with van der Waals surface area (Å²) >= 11 is 0. The Hall–Kier alpha value is -1.92. The van der Waals surface area contributed by atoms with E-state index in [1.807, 2.05) is 19.1 Å². The van der Waals surface area contributed by atoms with E-state index in [-0.39, 0.29) is 18.1 Å². The molecule has 0 aromatic carbocycles. The van der Waals surface area contributed by atoms with E-state index in [2.05, 4.69) is 37.6 Å². The van der Waals surface area contributed by atoms with Gasteiger partial charge in [0.05, 0.1) is 0 Å². The first-order chi connectivity index (χ1) is 23.5. The molecule has 49 heavy (non-hydrogen) atoms. The van der Waals surface area contributed by atoms with E-state index >= 15 is 0 Å².